The molecule has 1 N–H and O–H groups in total. The number of aromatic carboxylic acids is 1. The van der Waals surface area contributed by atoms with Crippen LogP contribution in [0.5, 0.6) is 0 Å². The molecule has 0 aromatic carbocycles. The van der Waals surface area contributed by atoms with E-state index in [0.717, 1.165) is 24.3 Å². The third-order valence-corrected chi connectivity index (χ3v) is 2.72. The van der Waals surface area contributed by atoms with Crippen molar-refractivity contribution >= 4 is 5.97 Å². The highest BCUT2D eigenvalue weighted by Gasteiger charge is 2.27. The fourth-order valence-corrected chi connectivity index (χ4v) is 1.71. The highest BCUT2D eigenvalue weighted by molar-refractivity contribution is 5.82. The van der Waals surface area contributed by atoms with Crippen LogP contribution in [-0.2, 0) is 6.42 Å². The summed E-state index contributed by atoms with van der Waals surface area (Å²) in [7, 11) is 0. The average molecular weight is 195 g/mol. The molecule has 1 saturated carbocycles. The second-order valence-corrected chi connectivity index (χ2v) is 3.61. The number of carbonyl (C=O) groups is 1. The zero-order valence-electron chi connectivity index (χ0n) is 8.12. The molecule has 1 aromatic heterocycles. The predicted molar refractivity (Wildman–Crippen MR) is 49.4 cm³/mol. The number of carboxylic acid groups (broad SMARTS) is 1. The number of aryl methyl sites for hydroxylation is 1. The summed E-state index contributed by atoms with van der Waals surface area (Å²) in [6, 6.07) is 0. The van der Waals surface area contributed by atoms with Crippen molar-refractivity contribution < 1.29 is 14.3 Å². The van der Waals surface area contributed by atoms with Gasteiger partial charge in [0, 0.05) is 12.3 Å². The van der Waals surface area contributed by atoms with E-state index in [4.69, 9.17) is 9.52 Å². The number of hydrogen-bond donors (Lipinski definition) is 1. The Morgan fingerprint density at radius 1 is 1.64 bits per heavy atom. The zero-order chi connectivity index (χ0) is 10.1. The molecule has 1 heterocycles. The summed E-state index contributed by atoms with van der Waals surface area (Å²) in [4.78, 5) is 14.7. The first-order valence-corrected chi connectivity index (χ1v) is 4.95. The van der Waals surface area contributed by atoms with E-state index >= 15 is 0 Å². The molecule has 1 aromatic rings. The van der Waals surface area contributed by atoms with Crippen molar-refractivity contribution in [2.45, 2.75) is 38.5 Å². The van der Waals surface area contributed by atoms with Crippen molar-refractivity contribution in [2.24, 2.45) is 0 Å². The Labute approximate surface area is 81.9 Å². The van der Waals surface area contributed by atoms with Gasteiger partial charge in [0.2, 0.25) is 0 Å². The Morgan fingerprint density at radius 3 is 2.79 bits per heavy atom. The van der Waals surface area contributed by atoms with E-state index in [1.807, 2.05) is 6.92 Å². The standard InChI is InChI=1S/C10H13NO3/c1-2-7-8(6-4-3-5-6)11-9(14-7)10(12)13/h6H,2-5H2,1H3,(H,12,13). The summed E-state index contributed by atoms with van der Waals surface area (Å²) < 4.78 is 5.17. The van der Waals surface area contributed by atoms with Crippen molar-refractivity contribution in [3.05, 3.63) is 17.3 Å². The normalized spacial score (nSPS) is 16.6. The van der Waals surface area contributed by atoms with E-state index in [1.54, 1.807) is 0 Å². The van der Waals surface area contributed by atoms with Crippen LogP contribution in [0.25, 0.3) is 0 Å². The van der Waals surface area contributed by atoms with Crippen molar-refractivity contribution in [2.75, 3.05) is 0 Å². The molecule has 1 aliphatic carbocycles. The van der Waals surface area contributed by atoms with Crippen molar-refractivity contribution in [1.82, 2.24) is 4.98 Å². The maximum Gasteiger partial charge on any atom is 0.392 e. The molecule has 0 aliphatic heterocycles. The second kappa shape index (κ2) is 3.44. The molecule has 0 saturated heterocycles. The van der Waals surface area contributed by atoms with Gasteiger partial charge in [-0.25, -0.2) is 9.78 Å². The molecule has 0 atom stereocenters. The fraction of sp³-hybridized carbons (Fsp3) is 0.600. The predicted octanol–water partition coefficient (Wildman–Crippen LogP) is 2.20. The van der Waals surface area contributed by atoms with Crippen LogP contribution in [0.1, 0.15) is 54.2 Å². The molecule has 1 aliphatic rings. The third-order valence-electron chi connectivity index (χ3n) is 2.72. The fourth-order valence-electron chi connectivity index (χ4n) is 1.71. The van der Waals surface area contributed by atoms with Gasteiger partial charge in [0.05, 0.1) is 5.69 Å². The summed E-state index contributed by atoms with van der Waals surface area (Å²) in [5, 5.41) is 8.73. The van der Waals surface area contributed by atoms with Crippen LogP contribution in [0.15, 0.2) is 4.42 Å². The van der Waals surface area contributed by atoms with Gasteiger partial charge in [-0.1, -0.05) is 13.3 Å². The van der Waals surface area contributed by atoms with Crippen molar-refractivity contribution in [3.63, 3.8) is 0 Å². The maximum absolute atomic E-state index is 10.7. The lowest BCUT2D eigenvalue weighted by molar-refractivity contribution is 0.0651. The molecular weight excluding hydrogens is 182 g/mol. The summed E-state index contributed by atoms with van der Waals surface area (Å²) in [5.41, 5.74) is 0.871. The minimum absolute atomic E-state index is 0.163. The number of oxazole rings is 1. The van der Waals surface area contributed by atoms with E-state index in [-0.39, 0.29) is 5.89 Å². The summed E-state index contributed by atoms with van der Waals surface area (Å²) in [5.74, 6) is -0.0667. The Hall–Kier alpha value is -1.32. The zero-order valence-corrected chi connectivity index (χ0v) is 8.12. The Balaban J connectivity index is 2.31. The van der Waals surface area contributed by atoms with Crippen molar-refractivity contribution in [3.8, 4) is 0 Å². The smallest absolute Gasteiger partial charge is 0.392 e. The quantitative estimate of drug-likeness (QED) is 0.803. The average Bonchev–Trinajstić information content (AvgIpc) is 2.45. The largest absolute Gasteiger partial charge is 0.474 e. The molecule has 0 unspecified atom stereocenters. The number of rotatable bonds is 3. The number of hydrogen-bond acceptors (Lipinski definition) is 3. The highest BCUT2D eigenvalue weighted by Crippen LogP contribution is 2.37. The number of aromatic nitrogens is 1. The van der Waals surface area contributed by atoms with Gasteiger partial charge in [-0.05, 0) is 12.8 Å². The molecule has 4 heteroatoms. The Bertz CT molecular complexity index is 352. The van der Waals surface area contributed by atoms with Crippen LogP contribution in [0.2, 0.25) is 0 Å². The minimum atomic E-state index is -1.08. The molecule has 2 rings (SSSR count). The number of nitrogens with zero attached hydrogens (tertiary/aromatic N) is 1. The van der Waals surface area contributed by atoms with Crippen LogP contribution in [-0.4, -0.2) is 16.1 Å². The monoisotopic (exact) mass is 195 g/mol. The first-order chi connectivity index (χ1) is 6.72. The highest BCUT2D eigenvalue weighted by atomic mass is 16.4. The van der Waals surface area contributed by atoms with Crippen LogP contribution in [0, 0.1) is 0 Å². The van der Waals surface area contributed by atoms with Crippen LogP contribution in [0.4, 0.5) is 0 Å². The van der Waals surface area contributed by atoms with E-state index in [0.29, 0.717) is 12.3 Å². The Morgan fingerprint density at radius 2 is 2.36 bits per heavy atom. The summed E-state index contributed by atoms with van der Waals surface area (Å²) >= 11 is 0. The summed E-state index contributed by atoms with van der Waals surface area (Å²) in [6.45, 7) is 1.95. The Kier molecular flexibility index (Phi) is 2.27. The maximum atomic E-state index is 10.7. The second-order valence-electron chi connectivity index (χ2n) is 3.61. The molecule has 0 bridgehead atoms. The van der Waals surface area contributed by atoms with E-state index in [1.165, 1.54) is 6.42 Å². The number of carboxylic acids is 1. The van der Waals surface area contributed by atoms with Gasteiger partial charge in [0.15, 0.2) is 0 Å². The molecule has 76 valence electrons. The summed E-state index contributed by atoms with van der Waals surface area (Å²) in [6.07, 6.45) is 4.15. The van der Waals surface area contributed by atoms with Gasteiger partial charge in [-0.3, -0.25) is 0 Å². The SMILES string of the molecule is CCc1oc(C(=O)O)nc1C1CCC1. The van der Waals surface area contributed by atoms with Crippen LogP contribution >= 0.6 is 0 Å². The molecular formula is C10H13NO3. The van der Waals surface area contributed by atoms with Gasteiger partial charge in [-0.15, -0.1) is 0 Å². The molecule has 0 spiro atoms. The lowest BCUT2D eigenvalue weighted by atomic mass is 9.82. The van der Waals surface area contributed by atoms with Gasteiger partial charge in [0.1, 0.15) is 5.76 Å². The topological polar surface area (TPSA) is 63.3 Å². The first kappa shape index (κ1) is 9.24. The van der Waals surface area contributed by atoms with E-state index in [9.17, 15) is 4.79 Å². The van der Waals surface area contributed by atoms with Gasteiger partial charge in [-0.2, -0.15) is 0 Å². The molecule has 0 radical (unpaired) electrons. The van der Waals surface area contributed by atoms with Gasteiger partial charge in [0.25, 0.3) is 0 Å². The molecule has 4 nitrogen and oxygen atoms in total. The van der Waals surface area contributed by atoms with Gasteiger partial charge >= 0.3 is 11.9 Å². The lowest BCUT2D eigenvalue weighted by Gasteiger charge is -2.23. The van der Waals surface area contributed by atoms with Crippen LogP contribution < -0.4 is 0 Å². The molecule has 1 fully saturated rings. The van der Waals surface area contributed by atoms with Gasteiger partial charge < -0.3 is 9.52 Å². The first-order valence-electron chi connectivity index (χ1n) is 4.95. The van der Waals surface area contributed by atoms with Crippen molar-refractivity contribution in [1.29, 1.82) is 0 Å². The molecule has 0 amide bonds. The van der Waals surface area contributed by atoms with E-state index < -0.39 is 5.97 Å². The van der Waals surface area contributed by atoms with E-state index in [2.05, 4.69) is 4.98 Å². The molecule has 14 heavy (non-hydrogen) atoms. The lowest BCUT2D eigenvalue weighted by Crippen LogP contribution is -2.11. The minimum Gasteiger partial charge on any atom is -0.474 e. The van der Waals surface area contributed by atoms with Crippen LogP contribution in [0.3, 0.4) is 0 Å². The third kappa shape index (κ3) is 1.41.